The van der Waals surface area contributed by atoms with Crippen LogP contribution in [0.5, 0.6) is 0 Å². The van der Waals surface area contributed by atoms with Crippen LogP contribution in [-0.2, 0) is 6.42 Å². The molecule has 0 aliphatic heterocycles. The summed E-state index contributed by atoms with van der Waals surface area (Å²) in [6.45, 7) is 9.70. The van der Waals surface area contributed by atoms with E-state index in [1.54, 1.807) is 0 Å². The van der Waals surface area contributed by atoms with Crippen molar-refractivity contribution in [2.24, 2.45) is 11.1 Å². The molecule has 0 heterocycles. The Labute approximate surface area is 113 Å². The monoisotopic (exact) mass is 247 g/mol. The van der Waals surface area contributed by atoms with Gasteiger partial charge in [-0.05, 0) is 50.6 Å². The zero-order valence-corrected chi connectivity index (χ0v) is 12.6. The van der Waals surface area contributed by atoms with E-state index in [9.17, 15) is 0 Å². The number of unbranched alkanes of at least 4 members (excludes halogenated alkanes) is 1. The van der Waals surface area contributed by atoms with Gasteiger partial charge in [0.1, 0.15) is 0 Å². The fourth-order valence-electron chi connectivity index (χ4n) is 2.86. The Bertz CT molecular complexity index is 344. The maximum atomic E-state index is 6.08. The largest absolute Gasteiger partial charge is 0.330 e. The average molecular weight is 247 g/mol. The lowest BCUT2D eigenvalue weighted by atomic mass is 9.75. The van der Waals surface area contributed by atoms with Crippen molar-refractivity contribution in [3.63, 3.8) is 0 Å². The van der Waals surface area contributed by atoms with Crippen molar-refractivity contribution in [1.29, 1.82) is 0 Å². The van der Waals surface area contributed by atoms with E-state index >= 15 is 0 Å². The summed E-state index contributed by atoms with van der Waals surface area (Å²) in [6, 6.07) is 6.88. The summed E-state index contributed by atoms with van der Waals surface area (Å²) in [5, 5.41) is 0. The first-order valence-corrected chi connectivity index (χ1v) is 7.32. The molecule has 1 aromatic rings. The minimum absolute atomic E-state index is 0.302. The Hall–Kier alpha value is -0.820. The number of hydrogen-bond acceptors (Lipinski definition) is 1. The fraction of sp³-hybridized carbons (Fsp3) is 0.647. The fourth-order valence-corrected chi connectivity index (χ4v) is 2.86. The highest BCUT2D eigenvalue weighted by Gasteiger charge is 2.26. The molecule has 1 atom stereocenters. The van der Waals surface area contributed by atoms with E-state index < -0.39 is 0 Å². The summed E-state index contributed by atoms with van der Waals surface area (Å²) in [6.07, 6.45) is 6.10. The molecule has 1 nitrogen and oxygen atoms in total. The van der Waals surface area contributed by atoms with Crippen LogP contribution in [0.3, 0.4) is 0 Å². The number of nitrogens with two attached hydrogens (primary N) is 1. The smallest absolute Gasteiger partial charge is 0.00174 e. The minimum Gasteiger partial charge on any atom is -0.330 e. The van der Waals surface area contributed by atoms with Gasteiger partial charge in [-0.2, -0.15) is 0 Å². The molecule has 1 unspecified atom stereocenters. The predicted molar refractivity (Wildman–Crippen MR) is 80.9 cm³/mol. The average Bonchev–Trinajstić information content (AvgIpc) is 2.33. The molecule has 0 spiro atoms. The molecular formula is C17H29N. The third-order valence-corrected chi connectivity index (χ3v) is 4.10. The van der Waals surface area contributed by atoms with Crippen LogP contribution in [0.15, 0.2) is 18.2 Å². The number of aryl methyl sites for hydroxylation is 2. The molecule has 1 rings (SSSR count). The van der Waals surface area contributed by atoms with Gasteiger partial charge in [-0.1, -0.05) is 56.0 Å². The minimum atomic E-state index is 0.302. The van der Waals surface area contributed by atoms with Gasteiger partial charge in [-0.3, -0.25) is 0 Å². The number of hydrogen-bond donors (Lipinski definition) is 1. The summed E-state index contributed by atoms with van der Waals surface area (Å²) < 4.78 is 0. The van der Waals surface area contributed by atoms with E-state index in [4.69, 9.17) is 5.73 Å². The van der Waals surface area contributed by atoms with Crippen LogP contribution in [0.2, 0.25) is 0 Å². The maximum absolute atomic E-state index is 6.08. The lowest BCUT2D eigenvalue weighted by Gasteiger charge is -2.32. The van der Waals surface area contributed by atoms with Crippen LogP contribution in [0.25, 0.3) is 0 Å². The van der Waals surface area contributed by atoms with E-state index in [1.807, 2.05) is 0 Å². The van der Waals surface area contributed by atoms with Crippen LogP contribution in [0.4, 0.5) is 0 Å². The van der Waals surface area contributed by atoms with Crippen molar-refractivity contribution in [3.8, 4) is 0 Å². The van der Waals surface area contributed by atoms with E-state index in [2.05, 4.69) is 45.9 Å². The van der Waals surface area contributed by atoms with Gasteiger partial charge in [0.05, 0.1) is 0 Å². The molecule has 0 saturated carbocycles. The highest BCUT2D eigenvalue weighted by molar-refractivity contribution is 5.29. The zero-order chi connectivity index (χ0) is 13.6. The second-order valence-corrected chi connectivity index (χ2v) is 5.83. The molecule has 0 bridgehead atoms. The van der Waals surface area contributed by atoms with Gasteiger partial charge in [0.25, 0.3) is 0 Å². The third-order valence-electron chi connectivity index (χ3n) is 4.10. The van der Waals surface area contributed by atoms with Gasteiger partial charge >= 0.3 is 0 Å². The Morgan fingerprint density at radius 1 is 1.06 bits per heavy atom. The van der Waals surface area contributed by atoms with E-state index in [1.165, 1.54) is 42.4 Å². The quantitative estimate of drug-likeness (QED) is 0.759. The predicted octanol–water partition coefficient (Wildman–Crippen LogP) is 4.39. The lowest BCUT2D eigenvalue weighted by molar-refractivity contribution is 0.251. The molecule has 0 aliphatic rings. The standard InChI is InChI=1S/C17H29N/c1-5-7-8-17(6-2,13-18)12-16-10-14(3)9-15(4)11-16/h9-11H,5-8,12-13,18H2,1-4H3. The summed E-state index contributed by atoms with van der Waals surface area (Å²) in [5.41, 5.74) is 10.6. The highest BCUT2D eigenvalue weighted by Crippen LogP contribution is 2.32. The Morgan fingerprint density at radius 3 is 2.11 bits per heavy atom. The van der Waals surface area contributed by atoms with Gasteiger partial charge in [0.15, 0.2) is 0 Å². The van der Waals surface area contributed by atoms with Crippen molar-refractivity contribution in [2.75, 3.05) is 6.54 Å². The summed E-state index contributed by atoms with van der Waals surface area (Å²) in [5.74, 6) is 0. The normalized spacial score (nSPS) is 14.5. The first-order chi connectivity index (χ1) is 8.55. The molecule has 1 heteroatoms. The number of rotatable bonds is 7. The Balaban J connectivity index is 2.88. The molecule has 0 aromatic heterocycles. The van der Waals surface area contributed by atoms with Gasteiger partial charge < -0.3 is 5.73 Å². The molecule has 102 valence electrons. The second kappa shape index (κ2) is 6.94. The SMILES string of the molecule is CCCCC(CC)(CN)Cc1cc(C)cc(C)c1. The van der Waals surface area contributed by atoms with Crippen LogP contribution in [-0.4, -0.2) is 6.54 Å². The lowest BCUT2D eigenvalue weighted by Crippen LogP contribution is -2.32. The van der Waals surface area contributed by atoms with Crippen molar-refractivity contribution in [2.45, 2.75) is 59.8 Å². The molecule has 0 amide bonds. The van der Waals surface area contributed by atoms with Gasteiger partial charge in [0, 0.05) is 0 Å². The van der Waals surface area contributed by atoms with Crippen molar-refractivity contribution in [3.05, 3.63) is 34.9 Å². The van der Waals surface area contributed by atoms with Crippen LogP contribution in [0, 0.1) is 19.3 Å². The van der Waals surface area contributed by atoms with Crippen LogP contribution in [0.1, 0.15) is 56.2 Å². The van der Waals surface area contributed by atoms with E-state index in [-0.39, 0.29) is 0 Å². The molecule has 0 aliphatic carbocycles. The molecule has 18 heavy (non-hydrogen) atoms. The molecule has 0 radical (unpaired) electrons. The van der Waals surface area contributed by atoms with Gasteiger partial charge in [-0.25, -0.2) is 0 Å². The van der Waals surface area contributed by atoms with Crippen molar-refractivity contribution < 1.29 is 0 Å². The maximum Gasteiger partial charge on any atom is -0.00174 e. The Morgan fingerprint density at radius 2 is 1.67 bits per heavy atom. The van der Waals surface area contributed by atoms with Crippen molar-refractivity contribution in [1.82, 2.24) is 0 Å². The van der Waals surface area contributed by atoms with Gasteiger partial charge in [0.2, 0.25) is 0 Å². The van der Waals surface area contributed by atoms with E-state index in [0.717, 1.165) is 13.0 Å². The van der Waals surface area contributed by atoms with Gasteiger partial charge in [-0.15, -0.1) is 0 Å². The van der Waals surface area contributed by atoms with E-state index in [0.29, 0.717) is 5.41 Å². The topological polar surface area (TPSA) is 26.0 Å². The number of benzene rings is 1. The molecule has 1 aromatic carbocycles. The summed E-state index contributed by atoms with van der Waals surface area (Å²) in [4.78, 5) is 0. The highest BCUT2D eigenvalue weighted by atomic mass is 14.6. The molecule has 2 N–H and O–H groups in total. The third kappa shape index (κ3) is 4.13. The molecule has 0 saturated heterocycles. The summed E-state index contributed by atoms with van der Waals surface area (Å²) in [7, 11) is 0. The first kappa shape index (κ1) is 15.2. The van der Waals surface area contributed by atoms with Crippen LogP contribution < -0.4 is 5.73 Å². The van der Waals surface area contributed by atoms with Crippen molar-refractivity contribution >= 4 is 0 Å². The second-order valence-electron chi connectivity index (χ2n) is 5.83. The molecule has 0 fully saturated rings. The Kier molecular flexibility index (Phi) is 5.87. The first-order valence-electron chi connectivity index (χ1n) is 7.32. The summed E-state index contributed by atoms with van der Waals surface area (Å²) >= 11 is 0. The molecular weight excluding hydrogens is 218 g/mol. The zero-order valence-electron chi connectivity index (χ0n) is 12.6. The van der Waals surface area contributed by atoms with Crippen LogP contribution >= 0.6 is 0 Å².